The molecule has 1 aliphatic rings. The van der Waals surface area contributed by atoms with Crippen LogP contribution in [-0.4, -0.2) is 21.5 Å². The number of hydrogen-bond donors (Lipinski definition) is 1. The van der Waals surface area contributed by atoms with Crippen molar-refractivity contribution < 1.29 is 18.5 Å². The Balaban J connectivity index is 2.04. The highest BCUT2D eigenvalue weighted by Gasteiger charge is 2.35. The Morgan fingerprint density at radius 1 is 1.24 bits per heavy atom. The maximum absolute atomic E-state index is 13.7. The van der Waals surface area contributed by atoms with Crippen molar-refractivity contribution in [3.8, 4) is 0 Å². The first-order valence-corrected chi connectivity index (χ1v) is 9.59. The van der Waals surface area contributed by atoms with E-state index in [-0.39, 0.29) is 24.1 Å². The van der Waals surface area contributed by atoms with Crippen LogP contribution in [-0.2, 0) is 15.6 Å². The Morgan fingerprint density at radius 3 is 2.52 bits per heavy atom. The van der Waals surface area contributed by atoms with Crippen LogP contribution in [0.3, 0.4) is 0 Å². The quantitative estimate of drug-likeness (QED) is 0.886. The average Bonchev–Trinajstić information content (AvgIpc) is 2.80. The van der Waals surface area contributed by atoms with Gasteiger partial charge in [0.2, 0.25) is 0 Å². The molecule has 0 saturated heterocycles. The summed E-state index contributed by atoms with van der Waals surface area (Å²) in [5.74, 6) is -1.50. The van der Waals surface area contributed by atoms with Gasteiger partial charge in [0, 0.05) is 27.9 Å². The number of carboxylic acid groups (broad SMARTS) is 1. The van der Waals surface area contributed by atoms with E-state index in [1.807, 2.05) is 37.3 Å². The molecule has 3 atom stereocenters. The number of benzene rings is 2. The first-order chi connectivity index (χ1) is 11.9. The van der Waals surface area contributed by atoms with E-state index in [1.165, 1.54) is 12.1 Å². The van der Waals surface area contributed by atoms with Gasteiger partial charge in [0.05, 0.1) is 6.42 Å². The Bertz CT molecular complexity index is 871. The second-order valence-electron chi connectivity index (χ2n) is 6.35. The van der Waals surface area contributed by atoms with Crippen LogP contribution in [0.5, 0.6) is 0 Å². The lowest BCUT2D eigenvalue weighted by Gasteiger charge is -2.15. The molecule has 1 N–H and O–H groups in total. The lowest BCUT2D eigenvalue weighted by atomic mass is 9.89. The zero-order valence-corrected chi connectivity index (χ0v) is 14.8. The maximum atomic E-state index is 13.7. The lowest BCUT2D eigenvalue weighted by Crippen LogP contribution is -2.09. The van der Waals surface area contributed by atoms with Crippen molar-refractivity contribution in [1.29, 1.82) is 0 Å². The van der Waals surface area contributed by atoms with Gasteiger partial charge in [0.1, 0.15) is 5.82 Å². The van der Waals surface area contributed by atoms with Crippen LogP contribution < -0.4 is 0 Å². The fourth-order valence-corrected chi connectivity index (χ4v) is 3.97. The number of carboxylic acids is 1. The molecule has 0 aliphatic heterocycles. The molecule has 25 heavy (non-hydrogen) atoms. The van der Waals surface area contributed by atoms with E-state index in [1.54, 1.807) is 12.3 Å². The molecule has 0 fully saturated rings. The topological polar surface area (TPSA) is 54.4 Å². The molecule has 0 radical (unpaired) electrons. The summed E-state index contributed by atoms with van der Waals surface area (Å²) in [4.78, 5) is 12.0. The zero-order chi connectivity index (χ0) is 18.1. The van der Waals surface area contributed by atoms with Gasteiger partial charge in [-0.15, -0.1) is 0 Å². The zero-order valence-electron chi connectivity index (χ0n) is 14.0. The number of carbonyl (C=O) groups is 1. The van der Waals surface area contributed by atoms with Gasteiger partial charge < -0.3 is 5.11 Å². The van der Waals surface area contributed by atoms with E-state index in [4.69, 9.17) is 0 Å². The predicted octanol–water partition coefficient (Wildman–Crippen LogP) is 4.31. The van der Waals surface area contributed by atoms with Gasteiger partial charge in [-0.05, 0) is 52.4 Å². The van der Waals surface area contributed by atoms with Gasteiger partial charge in [-0.2, -0.15) is 0 Å². The van der Waals surface area contributed by atoms with Crippen LogP contribution in [0, 0.1) is 11.7 Å². The SMILES string of the molecule is CC1/C(=C/c2ccc(S(C)=O)cc2)c2ccc(F)cc2C1CC(=O)O. The third-order valence-electron chi connectivity index (χ3n) is 4.75. The van der Waals surface area contributed by atoms with Crippen molar-refractivity contribution in [2.24, 2.45) is 5.92 Å². The van der Waals surface area contributed by atoms with Gasteiger partial charge in [-0.1, -0.05) is 31.2 Å². The summed E-state index contributed by atoms with van der Waals surface area (Å²) in [6.07, 6.45) is 3.61. The van der Waals surface area contributed by atoms with Crippen molar-refractivity contribution in [2.75, 3.05) is 6.26 Å². The molecule has 2 aromatic rings. The van der Waals surface area contributed by atoms with Crippen molar-refractivity contribution in [2.45, 2.75) is 24.2 Å². The molecule has 3 rings (SSSR count). The third-order valence-corrected chi connectivity index (χ3v) is 5.68. The average molecular weight is 358 g/mol. The molecule has 0 amide bonds. The normalized spacial score (nSPS) is 22.0. The second-order valence-corrected chi connectivity index (χ2v) is 7.73. The van der Waals surface area contributed by atoms with Crippen molar-refractivity contribution in [3.05, 3.63) is 65.0 Å². The summed E-state index contributed by atoms with van der Waals surface area (Å²) in [5, 5.41) is 9.20. The molecule has 3 nitrogen and oxygen atoms in total. The maximum Gasteiger partial charge on any atom is 0.303 e. The molecule has 5 heteroatoms. The van der Waals surface area contributed by atoms with E-state index in [9.17, 15) is 18.5 Å². The number of allylic oxidation sites excluding steroid dienone is 1. The van der Waals surface area contributed by atoms with E-state index in [2.05, 4.69) is 0 Å². The Morgan fingerprint density at radius 2 is 1.92 bits per heavy atom. The summed E-state index contributed by atoms with van der Waals surface area (Å²) in [6, 6.07) is 12.0. The third kappa shape index (κ3) is 3.56. The van der Waals surface area contributed by atoms with Crippen LogP contribution in [0.2, 0.25) is 0 Å². The van der Waals surface area contributed by atoms with Crippen LogP contribution in [0.4, 0.5) is 4.39 Å². The highest BCUT2D eigenvalue weighted by molar-refractivity contribution is 7.84. The van der Waals surface area contributed by atoms with Gasteiger partial charge in [-0.3, -0.25) is 9.00 Å². The first kappa shape index (κ1) is 17.5. The van der Waals surface area contributed by atoms with Crippen molar-refractivity contribution in [1.82, 2.24) is 0 Å². The lowest BCUT2D eigenvalue weighted by molar-refractivity contribution is -0.137. The number of halogens is 1. The summed E-state index contributed by atoms with van der Waals surface area (Å²) >= 11 is 0. The van der Waals surface area contributed by atoms with E-state index in [0.717, 1.165) is 27.2 Å². The van der Waals surface area contributed by atoms with Gasteiger partial charge in [0.25, 0.3) is 0 Å². The molecular formula is C20H19FO3S. The molecule has 130 valence electrons. The van der Waals surface area contributed by atoms with Crippen LogP contribution in [0.1, 0.15) is 36.0 Å². The standard InChI is InChI=1S/C20H19FO3S/c1-12-17(9-13-3-6-15(7-4-13)25(2)24)16-8-5-14(21)10-19(16)18(12)11-20(22)23/h3-10,12,18H,11H2,1-2H3,(H,22,23)/b17-9-. The first-order valence-electron chi connectivity index (χ1n) is 8.03. The molecule has 0 bridgehead atoms. The Hall–Kier alpha value is -2.27. The van der Waals surface area contributed by atoms with Gasteiger partial charge >= 0.3 is 5.97 Å². The molecule has 2 aromatic carbocycles. The summed E-state index contributed by atoms with van der Waals surface area (Å²) < 4.78 is 25.2. The molecule has 1 aliphatic carbocycles. The highest BCUT2D eigenvalue weighted by atomic mass is 32.2. The van der Waals surface area contributed by atoms with E-state index >= 15 is 0 Å². The minimum Gasteiger partial charge on any atom is -0.481 e. The minimum absolute atomic E-state index is 0.0205. The van der Waals surface area contributed by atoms with E-state index in [0.29, 0.717) is 0 Å². The second kappa shape index (κ2) is 6.92. The van der Waals surface area contributed by atoms with Crippen LogP contribution in [0.25, 0.3) is 11.6 Å². The number of hydrogen-bond acceptors (Lipinski definition) is 2. The summed E-state index contributed by atoms with van der Waals surface area (Å²) in [6.45, 7) is 1.98. The molecule has 0 aromatic heterocycles. The minimum atomic E-state index is -1.03. The molecule has 0 heterocycles. The fraction of sp³-hybridized carbons (Fsp3) is 0.250. The smallest absolute Gasteiger partial charge is 0.303 e. The van der Waals surface area contributed by atoms with Crippen molar-refractivity contribution >= 4 is 28.4 Å². The summed E-state index contributed by atoms with van der Waals surface area (Å²) in [5.41, 5.74) is 3.62. The predicted molar refractivity (Wildman–Crippen MR) is 97.2 cm³/mol. The number of rotatable bonds is 4. The van der Waals surface area contributed by atoms with Gasteiger partial charge in [-0.25, -0.2) is 4.39 Å². The number of aliphatic carboxylic acids is 1. The van der Waals surface area contributed by atoms with Gasteiger partial charge in [0.15, 0.2) is 0 Å². The molecular weight excluding hydrogens is 339 g/mol. The number of fused-ring (bicyclic) bond motifs is 1. The highest BCUT2D eigenvalue weighted by Crippen LogP contribution is 2.48. The van der Waals surface area contributed by atoms with Crippen LogP contribution >= 0.6 is 0 Å². The Labute approximate surface area is 148 Å². The fourth-order valence-electron chi connectivity index (χ4n) is 3.45. The molecule has 0 spiro atoms. The summed E-state index contributed by atoms with van der Waals surface area (Å²) in [7, 11) is -1.03. The Kier molecular flexibility index (Phi) is 4.86. The largest absolute Gasteiger partial charge is 0.481 e. The van der Waals surface area contributed by atoms with Crippen molar-refractivity contribution in [3.63, 3.8) is 0 Å². The monoisotopic (exact) mass is 358 g/mol. The molecule has 3 unspecified atom stereocenters. The van der Waals surface area contributed by atoms with Crippen LogP contribution in [0.15, 0.2) is 47.4 Å². The van der Waals surface area contributed by atoms with E-state index < -0.39 is 16.8 Å². The molecule has 0 saturated carbocycles.